The van der Waals surface area contributed by atoms with Crippen LogP contribution < -0.4 is 5.32 Å². The number of hydrogen-bond donors (Lipinski definition) is 1. The molecule has 1 aromatic heterocycles. The summed E-state index contributed by atoms with van der Waals surface area (Å²) >= 11 is 0. The number of pyridine rings is 1. The van der Waals surface area contributed by atoms with E-state index >= 15 is 0 Å². The predicted octanol–water partition coefficient (Wildman–Crippen LogP) is 2.93. The number of carbonyl (C=O) groups is 1. The Bertz CT molecular complexity index is 483. The first-order chi connectivity index (χ1) is 11.3. The van der Waals surface area contributed by atoms with E-state index in [9.17, 15) is 4.79 Å². The Morgan fingerprint density at radius 2 is 1.96 bits per heavy atom. The molecule has 2 fully saturated rings. The van der Waals surface area contributed by atoms with Crippen LogP contribution >= 0.6 is 0 Å². The van der Waals surface area contributed by atoms with Gasteiger partial charge in [-0.15, -0.1) is 0 Å². The van der Waals surface area contributed by atoms with E-state index in [0.29, 0.717) is 12.5 Å². The fourth-order valence-electron chi connectivity index (χ4n) is 4.02. The standard InChI is InChI=1S/C19H29N3O/c23-19(14-16-8-5-6-12-20-16)21-17-9-7-13-22(15-17)18-10-3-1-2-4-11-18/h5-6,8,12,17-18H,1-4,7,9-11,13-15H2,(H,21,23)/t17-/m1/s1. The maximum atomic E-state index is 12.2. The zero-order chi connectivity index (χ0) is 15.9. The molecule has 1 aliphatic heterocycles. The van der Waals surface area contributed by atoms with Crippen molar-refractivity contribution in [1.29, 1.82) is 0 Å². The highest BCUT2D eigenvalue weighted by atomic mass is 16.1. The molecule has 0 bridgehead atoms. The molecule has 1 amide bonds. The van der Waals surface area contributed by atoms with E-state index in [1.807, 2.05) is 18.2 Å². The van der Waals surface area contributed by atoms with Gasteiger partial charge in [-0.3, -0.25) is 14.7 Å². The first kappa shape index (κ1) is 16.4. The van der Waals surface area contributed by atoms with Crippen LogP contribution in [0.15, 0.2) is 24.4 Å². The summed E-state index contributed by atoms with van der Waals surface area (Å²) in [4.78, 5) is 19.1. The van der Waals surface area contributed by atoms with Gasteiger partial charge in [-0.25, -0.2) is 0 Å². The van der Waals surface area contributed by atoms with Crippen LogP contribution in [-0.4, -0.2) is 41.0 Å². The van der Waals surface area contributed by atoms with E-state index in [0.717, 1.165) is 24.7 Å². The topological polar surface area (TPSA) is 45.2 Å². The third-order valence-corrected chi connectivity index (χ3v) is 5.23. The summed E-state index contributed by atoms with van der Waals surface area (Å²) in [5.74, 6) is 0.108. The van der Waals surface area contributed by atoms with Crippen LogP contribution in [0.1, 0.15) is 57.1 Å². The van der Waals surface area contributed by atoms with Gasteiger partial charge in [0.2, 0.25) is 5.91 Å². The number of piperidine rings is 1. The molecule has 1 atom stereocenters. The van der Waals surface area contributed by atoms with E-state index in [-0.39, 0.29) is 5.91 Å². The number of carbonyl (C=O) groups excluding carboxylic acids is 1. The fraction of sp³-hybridized carbons (Fsp3) is 0.684. The van der Waals surface area contributed by atoms with Crippen molar-refractivity contribution >= 4 is 5.91 Å². The lowest BCUT2D eigenvalue weighted by Crippen LogP contribution is -2.51. The average Bonchev–Trinajstić information content (AvgIpc) is 2.85. The summed E-state index contributed by atoms with van der Waals surface area (Å²) in [6.45, 7) is 2.23. The first-order valence-electron chi connectivity index (χ1n) is 9.24. The zero-order valence-electron chi connectivity index (χ0n) is 14.0. The molecule has 126 valence electrons. The van der Waals surface area contributed by atoms with Gasteiger partial charge in [-0.2, -0.15) is 0 Å². The number of nitrogens with one attached hydrogen (secondary N) is 1. The summed E-state index contributed by atoms with van der Waals surface area (Å²) in [6, 6.07) is 6.78. The Morgan fingerprint density at radius 1 is 1.13 bits per heavy atom. The third kappa shape index (κ3) is 5.03. The largest absolute Gasteiger partial charge is 0.352 e. The highest BCUT2D eigenvalue weighted by Gasteiger charge is 2.27. The van der Waals surface area contributed by atoms with E-state index in [4.69, 9.17) is 0 Å². The Balaban J connectivity index is 1.49. The van der Waals surface area contributed by atoms with E-state index in [1.165, 1.54) is 51.5 Å². The van der Waals surface area contributed by atoms with E-state index < -0.39 is 0 Å². The summed E-state index contributed by atoms with van der Waals surface area (Å²) in [7, 11) is 0. The van der Waals surface area contributed by atoms with Crippen LogP contribution in [0.5, 0.6) is 0 Å². The van der Waals surface area contributed by atoms with Gasteiger partial charge in [0.25, 0.3) is 0 Å². The minimum absolute atomic E-state index is 0.108. The summed E-state index contributed by atoms with van der Waals surface area (Å²) in [5, 5.41) is 3.23. The second kappa shape index (κ2) is 8.44. The molecule has 4 nitrogen and oxygen atoms in total. The van der Waals surface area contributed by atoms with Crippen LogP contribution in [0, 0.1) is 0 Å². The molecule has 0 aromatic carbocycles. The molecule has 1 saturated carbocycles. The van der Waals surface area contributed by atoms with Gasteiger partial charge in [0, 0.05) is 30.5 Å². The molecule has 1 aliphatic carbocycles. The van der Waals surface area contributed by atoms with Gasteiger partial charge in [0.05, 0.1) is 6.42 Å². The van der Waals surface area contributed by atoms with Crippen molar-refractivity contribution < 1.29 is 4.79 Å². The van der Waals surface area contributed by atoms with Crippen LogP contribution in [0.2, 0.25) is 0 Å². The lowest BCUT2D eigenvalue weighted by atomic mass is 9.99. The number of rotatable bonds is 4. The molecular weight excluding hydrogens is 286 g/mol. The van der Waals surface area contributed by atoms with Crippen molar-refractivity contribution in [1.82, 2.24) is 15.2 Å². The molecule has 1 N–H and O–H groups in total. The minimum Gasteiger partial charge on any atom is -0.352 e. The lowest BCUT2D eigenvalue weighted by Gasteiger charge is -2.38. The smallest absolute Gasteiger partial charge is 0.226 e. The molecule has 1 saturated heterocycles. The fourth-order valence-corrected chi connectivity index (χ4v) is 4.02. The van der Waals surface area contributed by atoms with Crippen molar-refractivity contribution in [3.05, 3.63) is 30.1 Å². The number of amides is 1. The van der Waals surface area contributed by atoms with Crippen molar-refractivity contribution in [2.45, 2.75) is 69.9 Å². The van der Waals surface area contributed by atoms with Gasteiger partial charge in [-0.1, -0.05) is 31.7 Å². The predicted molar refractivity (Wildman–Crippen MR) is 92.2 cm³/mol. The van der Waals surface area contributed by atoms with Gasteiger partial charge in [0.1, 0.15) is 0 Å². The molecule has 2 heterocycles. The first-order valence-corrected chi connectivity index (χ1v) is 9.24. The summed E-state index contributed by atoms with van der Waals surface area (Å²) in [6.07, 6.45) is 12.7. The van der Waals surface area contributed by atoms with Gasteiger partial charge in [0.15, 0.2) is 0 Å². The lowest BCUT2D eigenvalue weighted by molar-refractivity contribution is -0.121. The molecular formula is C19H29N3O. The third-order valence-electron chi connectivity index (χ3n) is 5.23. The molecule has 0 unspecified atom stereocenters. The Morgan fingerprint density at radius 3 is 2.70 bits per heavy atom. The average molecular weight is 315 g/mol. The number of nitrogens with zero attached hydrogens (tertiary/aromatic N) is 2. The van der Waals surface area contributed by atoms with Crippen LogP contribution in [0.3, 0.4) is 0 Å². The number of aromatic nitrogens is 1. The minimum atomic E-state index is 0.108. The highest BCUT2D eigenvalue weighted by Crippen LogP contribution is 2.24. The van der Waals surface area contributed by atoms with Gasteiger partial charge < -0.3 is 5.32 Å². The summed E-state index contributed by atoms with van der Waals surface area (Å²) < 4.78 is 0. The maximum absolute atomic E-state index is 12.2. The molecule has 2 aliphatic rings. The molecule has 4 heteroatoms. The van der Waals surface area contributed by atoms with Crippen LogP contribution in [0.25, 0.3) is 0 Å². The molecule has 0 spiro atoms. The summed E-state index contributed by atoms with van der Waals surface area (Å²) in [5.41, 5.74) is 0.849. The second-order valence-corrected chi connectivity index (χ2v) is 7.04. The normalized spacial score (nSPS) is 24.1. The zero-order valence-corrected chi connectivity index (χ0v) is 14.0. The molecule has 3 rings (SSSR count). The molecule has 23 heavy (non-hydrogen) atoms. The Kier molecular flexibility index (Phi) is 6.03. The Hall–Kier alpha value is -1.42. The van der Waals surface area contributed by atoms with Crippen molar-refractivity contribution in [2.75, 3.05) is 13.1 Å². The van der Waals surface area contributed by atoms with E-state index in [1.54, 1.807) is 6.20 Å². The number of likely N-dealkylation sites (tertiary alicyclic amines) is 1. The maximum Gasteiger partial charge on any atom is 0.226 e. The van der Waals surface area contributed by atoms with Gasteiger partial charge >= 0.3 is 0 Å². The van der Waals surface area contributed by atoms with Crippen molar-refractivity contribution in [2.24, 2.45) is 0 Å². The second-order valence-electron chi connectivity index (χ2n) is 7.04. The Labute approximate surface area is 139 Å². The van der Waals surface area contributed by atoms with Crippen LogP contribution in [0.4, 0.5) is 0 Å². The highest BCUT2D eigenvalue weighted by molar-refractivity contribution is 5.78. The van der Waals surface area contributed by atoms with E-state index in [2.05, 4.69) is 15.2 Å². The van der Waals surface area contributed by atoms with Crippen molar-refractivity contribution in [3.8, 4) is 0 Å². The van der Waals surface area contributed by atoms with Crippen LogP contribution in [-0.2, 0) is 11.2 Å². The molecule has 1 aromatic rings. The van der Waals surface area contributed by atoms with Gasteiger partial charge in [-0.05, 0) is 44.4 Å². The molecule has 0 radical (unpaired) electrons. The van der Waals surface area contributed by atoms with Crippen molar-refractivity contribution in [3.63, 3.8) is 0 Å². The number of hydrogen-bond acceptors (Lipinski definition) is 3. The monoisotopic (exact) mass is 315 g/mol. The quantitative estimate of drug-likeness (QED) is 0.869. The SMILES string of the molecule is O=C(Cc1ccccn1)N[C@@H]1CCCN(C2CCCCCC2)C1.